The van der Waals surface area contributed by atoms with Crippen molar-refractivity contribution >= 4 is 27.3 Å². The number of imidazole rings is 1. The first-order valence-electron chi connectivity index (χ1n) is 7.89. The van der Waals surface area contributed by atoms with Crippen molar-refractivity contribution in [3.8, 4) is 0 Å². The van der Waals surface area contributed by atoms with E-state index in [0.29, 0.717) is 5.92 Å². The van der Waals surface area contributed by atoms with Gasteiger partial charge in [0.05, 0.1) is 10.6 Å². The maximum absolute atomic E-state index is 12.8. The summed E-state index contributed by atoms with van der Waals surface area (Å²) >= 11 is 1.58. The normalized spacial score (nSPS) is 18.0. The monoisotopic (exact) mass is 325 g/mol. The maximum Gasteiger partial charge on any atom is 0.263 e. The molecular weight excluding hydrogens is 306 g/mol. The topological polar surface area (TPSA) is 38.1 Å². The number of likely N-dealkylation sites (tertiary alicyclic amines) is 1. The van der Waals surface area contributed by atoms with E-state index >= 15 is 0 Å². The van der Waals surface area contributed by atoms with Gasteiger partial charge in [0.15, 0.2) is 0 Å². The minimum atomic E-state index is 0.152. The van der Waals surface area contributed by atoms with Gasteiger partial charge in [0.2, 0.25) is 0 Å². The zero-order chi connectivity index (χ0) is 16.0. The Bertz CT molecular complexity index is 846. The Morgan fingerprint density at radius 2 is 2.17 bits per heavy atom. The summed E-state index contributed by atoms with van der Waals surface area (Å²) < 4.78 is 3.26. The van der Waals surface area contributed by atoms with Crippen LogP contribution in [0.4, 0.5) is 0 Å². The van der Waals surface area contributed by atoms with Gasteiger partial charge >= 0.3 is 0 Å². The molecular formula is C18H19N3OS. The number of aromatic nitrogens is 2. The Morgan fingerprint density at radius 3 is 2.91 bits per heavy atom. The first kappa shape index (κ1) is 14.5. The Kier molecular flexibility index (Phi) is 3.45. The predicted molar refractivity (Wildman–Crippen MR) is 93.0 cm³/mol. The Morgan fingerprint density at radius 1 is 1.35 bits per heavy atom. The summed E-state index contributed by atoms with van der Waals surface area (Å²) in [6, 6.07) is 10.2. The molecule has 0 radical (unpaired) electrons. The predicted octanol–water partition coefficient (Wildman–Crippen LogP) is 3.57. The van der Waals surface area contributed by atoms with Crippen LogP contribution in [0.2, 0.25) is 0 Å². The van der Waals surface area contributed by atoms with Crippen molar-refractivity contribution in [1.29, 1.82) is 0 Å². The van der Waals surface area contributed by atoms with Gasteiger partial charge in [-0.3, -0.25) is 4.79 Å². The largest absolute Gasteiger partial charge is 0.337 e. The van der Waals surface area contributed by atoms with Crippen molar-refractivity contribution < 1.29 is 4.79 Å². The van der Waals surface area contributed by atoms with E-state index in [-0.39, 0.29) is 5.91 Å². The van der Waals surface area contributed by atoms with E-state index in [1.165, 1.54) is 4.70 Å². The number of amides is 1. The fraction of sp³-hybridized carbons (Fsp3) is 0.333. The number of carbonyl (C=O) groups excluding carboxylic acids is 1. The summed E-state index contributed by atoms with van der Waals surface area (Å²) in [5.41, 5.74) is 1.04. The number of thiophene rings is 1. The molecule has 3 heterocycles. The smallest absolute Gasteiger partial charge is 0.263 e. The van der Waals surface area contributed by atoms with E-state index < -0.39 is 0 Å². The molecule has 2 aromatic heterocycles. The number of rotatable bonds is 2. The minimum Gasteiger partial charge on any atom is -0.337 e. The Hall–Kier alpha value is -2.14. The number of aryl methyl sites for hydroxylation is 2. The van der Waals surface area contributed by atoms with Crippen LogP contribution in [0.3, 0.4) is 0 Å². The van der Waals surface area contributed by atoms with Gasteiger partial charge in [-0.25, -0.2) is 4.98 Å². The van der Waals surface area contributed by atoms with Crippen LogP contribution in [0.25, 0.3) is 10.1 Å². The average Bonchev–Trinajstić information content (AvgIpc) is 3.24. The third kappa shape index (κ3) is 2.55. The summed E-state index contributed by atoms with van der Waals surface area (Å²) in [4.78, 5) is 20.2. The SMILES string of the molecule is Cc1cn(C)c(C2CCN(C(=O)c3cc4ccccc4s3)C2)n1. The van der Waals surface area contributed by atoms with Crippen molar-refractivity contribution in [2.75, 3.05) is 13.1 Å². The van der Waals surface area contributed by atoms with Gasteiger partial charge in [0.25, 0.3) is 5.91 Å². The van der Waals surface area contributed by atoms with Gasteiger partial charge in [-0.15, -0.1) is 11.3 Å². The van der Waals surface area contributed by atoms with Crippen LogP contribution in [0.5, 0.6) is 0 Å². The summed E-state index contributed by atoms with van der Waals surface area (Å²) in [6.07, 6.45) is 3.03. The fourth-order valence-corrected chi connectivity index (χ4v) is 4.44. The van der Waals surface area contributed by atoms with Crippen LogP contribution in [0.15, 0.2) is 36.5 Å². The summed E-state index contributed by atoms with van der Waals surface area (Å²) in [6.45, 7) is 3.58. The summed E-state index contributed by atoms with van der Waals surface area (Å²) in [5, 5.41) is 1.15. The summed E-state index contributed by atoms with van der Waals surface area (Å²) in [7, 11) is 2.03. The van der Waals surface area contributed by atoms with Crippen molar-refractivity contribution in [3.63, 3.8) is 0 Å². The molecule has 4 rings (SSSR count). The third-order valence-electron chi connectivity index (χ3n) is 4.51. The second-order valence-corrected chi connectivity index (χ2v) is 7.32. The number of benzene rings is 1. The molecule has 0 spiro atoms. The standard InChI is InChI=1S/C18H19N3OS/c1-12-10-20(2)17(19-12)14-7-8-21(11-14)18(22)16-9-13-5-3-4-6-15(13)23-16/h3-6,9-10,14H,7-8,11H2,1-2H3. The maximum atomic E-state index is 12.8. The van der Waals surface area contributed by atoms with Crippen molar-refractivity contribution in [2.45, 2.75) is 19.3 Å². The minimum absolute atomic E-state index is 0.152. The molecule has 1 fully saturated rings. The van der Waals surface area contributed by atoms with Crippen LogP contribution >= 0.6 is 11.3 Å². The van der Waals surface area contributed by atoms with Crippen molar-refractivity contribution in [2.24, 2.45) is 7.05 Å². The number of fused-ring (bicyclic) bond motifs is 1. The van der Waals surface area contributed by atoms with Crippen LogP contribution < -0.4 is 0 Å². The lowest BCUT2D eigenvalue weighted by molar-refractivity contribution is 0.0795. The molecule has 0 aliphatic carbocycles. The van der Waals surface area contributed by atoms with E-state index in [1.807, 2.05) is 43.3 Å². The molecule has 1 saturated heterocycles. The third-order valence-corrected chi connectivity index (χ3v) is 5.61. The fourth-order valence-electron chi connectivity index (χ4n) is 3.41. The Balaban J connectivity index is 1.55. The van der Waals surface area contributed by atoms with Crippen LogP contribution in [0, 0.1) is 6.92 Å². The molecule has 5 heteroatoms. The van der Waals surface area contributed by atoms with E-state index in [1.54, 1.807) is 11.3 Å². The number of hydrogen-bond donors (Lipinski definition) is 0. The lowest BCUT2D eigenvalue weighted by atomic mass is 10.1. The van der Waals surface area contributed by atoms with Gasteiger partial charge in [0, 0.05) is 37.0 Å². The van der Waals surface area contributed by atoms with Crippen LogP contribution in [0.1, 0.15) is 33.5 Å². The second kappa shape index (κ2) is 5.49. The number of nitrogens with zero attached hydrogens (tertiary/aromatic N) is 3. The molecule has 1 aromatic carbocycles. The van der Waals surface area contributed by atoms with E-state index in [2.05, 4.69) is 21.7 Å². The van der Waals surface area contributed by atoms with Crippen molar-refractivity contribution in [3.05, 3.63) is 52.9 Å². The van der Waals surface area contributed by atoms with Gasteiger partial charge < -0.3 is 9.47 Å². The van der Waals surface area contributed by atoms with Gasteiger partial charge in [-0.1, -0.05) is 18.2 Å². The molecule has 23 heavy (non-hydrogen) atoms. The highest BCUT2D eigenvalue weighted by Crippen LogP contribution is 2.31. The molecule has 118 valence electrons. The first-order chi connectivity index (χ1) is 11.1. The Labute approximate surface area is 139 Å². The van der Waals surface area contributed by atoms with E-state index in [9.17, 15) is 4.79 Å². The zero-order valence-electron chi connectivity index (χ0n) is 13.3. The average molecular weight is 325 g/mol. The van der Waals surface area contributed by atoms with Crippen molar-refractivity contribution in [1.82, 2.24) is 14.5 Å². The van der Waals surface area contributed by atoms with Gasteiger partial charge in [0.1, 0.15) is 5.82 Å². The lowest BCUT2D eigenvalue weighted by Crippen LogP contribution is -2.28. The zero-order valence-corrected chi connectivity index (χ0v) is 14.1. The molecule has 1 amide bonds. The van der Waals surface area contributed by atoms with Gasteiger partial charge in [-0.2, -0.15) is 0 Å². The molecule has 1 unspecified atom stereocenters. The molecule has 1 aliphatic heterocycles. The second-order valence-electron chi connectivity index (χ2n) is 6.24. The molecule has 1 aliphatic rings. The van der Waals surface area contributed by atoms with Crippen LogP contribution in [-0.4, -0.2) is 33.4 Å². The molecule has 4 nitrogen and oxygen atoms in total. The molecule has 0 saturated carbocycles. The highest BCUT2D eigenvalue weighted by molar-refractivity contribution is 7.20. The number of hydrogen-bond acceptors (Lipinski definition) is 3. The van der Waals surface area contributed by atoms with Crippen LogP contribution in [-0.2, 0) is 7.05 Å². The lowest BCUT2D eigenvalue weighted by Gasteiger charge is -2.15. The van der Waals surface area contributed by atoms with E-state index in [0.717, 1.165) is 41.3 Å². The number of carbonyl (C=O) groups is 1. The highest BCUT2D eigenvalue weighted by atomic mass is 32.1. The molecule has 0 bridgehead atoms. The molecule has 3 aromatic rings. The molecule has 1 atom stereocenters. The quantitative estimate of drug-likeness (QED) is 0.722. The molecule has 0 N–H and O–H groups in total. The summed E-state index contributed by atoms with van der Waals surface area (Å²) in [5.74, 6) is 1.58. The first-order valence-corrected chi connectivity index (χ1v) is 8.71. The highest BCUT2D eigenvalue weighted by Gasteiger charge is 2.31. The van der Waals surface area contributed by atoms with E-state index in [4.69, 9.17) is 0 Å². The van der Waals surface area contributed by atoms with Gasteiger partial charge in [-0.05, 0) is 30.9 Å².